The van der Waals surface area contributed by atoms with E-state index in [0.29, 0.717) is 0 Å². The maximum absolute atomic E-state index is 11.7. The van der Waals surface area contributed by atoms with Crippen molar-refractivity contribution in [2.75, 3.05) is 12.3 Å². The second-order valence-corrected chi connectivity index (χ2v) is 4.49. The number of aromatic nitrogens is 2. The van der Waals surface area contributed by atoms with Crippen molar-refractivity contribution in [3.05, 3.63) is 22.7 Å². The Morgan fingerprint density at radius 1 is 1.67 bits per heavy atom. The molecule has 2 rings (SSSR count). The van der Waals surface area contributed by atoms with Gasteiger partial charge >= 0.3 is 5.69 Å². The Morgan fingerprint density at radius 3 is 2.83 bits per heavy atom. The van der Waals surface area contributed by atoms with Gasteiger partial charge in [-0.25, -0.2) is 0 Å². The van der Waals surface area contributed by atoms with E-state index in [0.717, 1.165) is 4.57 Å². The summed E-state index contributed by atoms with van der Waals surface area (Å²) >= 11 is 0. The van der Waals surface area contributed by atoms with Crippen molar-refractivity contribution in [1.29, 1.82) is 0 Å². The van der Waals surface area contributed by atoms with Gasteiger partial charge in [0.25, 0.3) is 0 Å². The monoisotopic (exact) mass is 258 g/mol. The topological polar surface area (TPSA) is 133 Å². The van der Waals surface area contributed by atoms with Gasteiger partial charge in [0.2, 0.25) is 6.23 Å². The molecule has 1 aliphatic heterocycles. The van der Waals surface area contributed by atoms with Crippen molar-refractivity contribution in [1.82, 2.24) is 4.98 Å². The van der Waals surface area contributed by atoms with Gasteiger partial charge in [-0.05, 0) is 6.92 Å². The molecule has 0 amide bonds. The highest BCUT2D eigenvalue weighted by Crippen LogP contribution is 2.34. The first-order chi connectivity index (χ1) is 8.37. The van der Waals surface area contributed by atoms with E-state index in [1.807, 2.05) is 0 Å². The number of aromatic amines is 1. The summed E-state index contributed by atoms with van der Waals surface area (Å²) in [5.74, 6) is 0.174. The van der Waals surface area contributed by atoms with Crippen LogP contribution < -0.4 is 16.0 Å². The minimum atomic E-state index is -1.69. The molecule has 1 aromatic rings. The molecule has 1 aliphatic rings. The summed E-state index contributed by atoms with van der Waals surface area (Å²) in [6.07, 6.45) is -2.00. The second kappa shape index (κ2) is 4.32. The quantitative estimate of drug-likeness (QED) is 0.365. The lowest BCUT2D eigenvalue weighted by atomic mass is 9.96. The fraction of sp³-hybridized carbons (Fsp3) is 0.600. The van der Waals surface area contributed by atoms with Crippen molar-refractivity contribution < 1.29 is 24.6 Å². The normalized spacial score (nSPS) is 35.9. The van der Waals surface area contributed by atoms with Crippen LogP contribution in [0.1, 0.15) is 13.2 Å². The first-order valence-corrected chi connectivity index (χ1v) is 5.44. The Labute approximate surface area is 102 Å². The molecule has 1 aromatic heterocycles. The van der Waals surface area contributed by atoms with E-state index >= 15 is 0 Å². The lowest BCUT2D eigenvalue weighted by Crippen LogP contribution is -2.61. The molecule has 4 atom stereocenters. The average Bonchev–Trinajstić information content (AvgIpc) is 2.52. The molecule has 0 aromatic carbocycles. The number of rotatable bonds is 2. The van der Waals surface area contributed by atoms with Gasteiger partial charge in [0.15, 0.2) is 11.4 Å². The number of hydrogen-bond donors (Lipinski definition) is 5. The van der Waals surface area contributed by atoms with Gasteiger partial charge in [0.05, 0.1) is 6.61 Å². The molecular formula is C10H16N3O5+. The molecule has 3 unspecified atom stereocenters. The maximum Gasteiger partial charge on any atom is 0.499 e. The van der Waals surface area contributed by atoms with E-state index in [2.05, 4.69) is 4.98 Å². The smallest absolute Gasteiger partial charge is 0.394 e. The van der Waals surface area contributed by atoms with Crippen molar-refractivity contribution in [2.24, 2.45) is 0 Å². The molecule has 1 saturated heterocycles. The first-order valence-electron chi connectivity index (χ1n) is 5.44. The first kappa shape index (κ1) is 13.0. The van der Waals surface area contributed by atoms with Crippen LogP contribution in [0.5, 0.6) is 0 Å². The second-order valence-electron chi connectivity index (χ2n) is 4.49. The summed E-state index contributed by atoms with van der Waals surface area (Å²) in [5, 5.41) is 29.0. The van der Waals surface area contributed by atoms with Crippen molar-refractivity contribution in [3.8, 4) is 0 Å². The van der Waals surface area contributed by atoms with Crippen LogP contribution in [0.2, 0.25) is 0 Å². The van der Waals surface area contributed by atoms with Crippen LogP contribution >= 0.6 is 0 Å². The molecular weight excluding hydrogens is 242 g/mol. The van der Waals surface area contributed by atoms with Crippen LogP contribution in [0, 0.1) is 0 Å². The summed E-state index contributed by atoms with van der Waals surface area (Å²) in [6.45, 7) is 0.877. The van der Waals surface area contributed by atoms with Crippen molar-refractivity contribution in [3.63, 3.8) is 0 Å². The van der Waals surface area contributed by atoms with E-state index in [1.54, 1.807) is 0 Å². The maximum atomic E-state index is 11.7. The summed E-state index contributed by atoms with van der Waals surface area (Å²) in [6, 6.07) is 1.43. The molecule has 1 fully saturated rings. The third-order valence-corrected chi connectivity index (χ3v) is 3.09. The van der Waals surface area contributed by atoms with Gasteiger partial charge in [-0.3, -0.25) is 0 Å². The highest BCUT2D eigenvalue weighted by molar-refractivity contribution is 5.21. The van der Waals surface area contributed by atoms with E-state index < -0.39 is 36.3 Å². The molecule has 0 spiro atoms. The summed E-state index contributed by atoms with van der Waals surface area (Å²) in [5.41, 5.74) is 3.14. The number of nitrogens with one attached hydrogen (secondary N) is 1. The Morgan fingerprint density at radius 2 is 2.33 bits per heavy atom. The molecule has 100 valence electrons. The zero-order chi connectivity index (χ0) is 13.5. The standard InChI is InChI=1S/C10H15N3O5/c1-10(17)7(15)5(4-14)18-8(10)13-3-2-6(11)12-9(13)16/h2-3,5,7-8,14-15,17H,4H2,1H3,(H2,11,12,16)/p+1/t5?,7-,8?,10?/m1/s1. The fourth-order valence-corrected chi connectivity index (χ4v) is 2.03. The molecule has 0 aliphatic carbocycles. The highest BCUT2D eigenvalue weighted by Gasteiger charge is 2.55. The molecule has 0 radical (unpaired) electrons. The van der Waals surface area contributed by atoms with Gasteiger partial charge in [-0.2, -0.15) is 14.3 Å². The molecule has 6 N–H and O–H groups in total. The largest absolute Gasteiger partial charge is 0.499 e. The van der Waals surface area contributed by atoms with Gasteiger partial charge in [0.1, 0.15) is 18.4 Å². The van der Waals surface area contributed by atoms with Crippen molar-refractivity contribution >= 4 is 5.82 Å². The Balaban J connectivity index is 2.42. The third kappa shape index (κ3) is 1.89. The molecule has 8 heteroatoms. The number of aliphatic hydroxyl groups excluding tert-OH is 2. The van der Waals surface area contributed by atoms with Crippen LogP contribution in [0.4, 0.5) is 5.82 Å². The Bertz CT molecular complexity index is 501. The zero-order valence-corrected chi connectivity index (χ0v) is 9.78. The molecule has 0 bridgehead atoms. The fourth-order valence-electron chi connectivity index (χ4n) is 2.03. The van der Waals surface area contributed by atoms with E-state index in [9.17, 15) is 15.0 Å². The van der Waals surface area contributed by atoms with Crippen LogP contribution in [0.3, 0.4) is 0 Å². The van der Waals surface area contributed by atoms with Gasteiger partial charge in [0, 0.05) is 6.07 Å². The number of anilines is 1. The molecule has 8 nitrogen and oxygen atoms in total. The van der Waals surface area contributed by atoms with E-state index in [-0.39, 0.29) is 5.82 Å². The van der Waals surface area contributed by atoms with Crippen LogP contribution in [-0.2, 0) is 4.74 Å². The number of nitrogens with zero attached hydrogens (tertiary/aromatic N) is 1. The number of hydrogen-bond acceptors (Lipinski definition) is 6. The number of aliphatic hydroxyl groups is 3. The van der Waals surface area contributed by atoms with Gasteiger partial charge in [-0.1, -0.05) is 0 Å². The Kier molecular flexibility index (Phi) is 3.11. The number of nitrogens with two attached hydrogens (primary N) is 1. The third-order valence-electron chi connectivity index (χ3n) is 3.09. The number of H-pyrrole nitrogens is 1. The number of nitrogen functional groups attached to an aromatic ring is 1. The predicted molar refractivity (Wildman–Crippen MR) is 59.3 cm³/mol. The average molecular weight is 258 g/mol. The lowest BCUT2D eigenvalue weighted by Gasteiger charge is -2.23. The summed E-state index contributed by atoms with van der Waals surface area (Å²) < 4.78 is 6.38. The number of ether oxygens (including phenoxy) is 1. The van der Waals surface area contributed by atoms with Gasteiger partial charge < -0.3 is 25.8 Å². The van der Waals surface area contributed by atoms with Crippen LogP contribution in [0.15, 0.2) is 17.1 Å². The molecule has 0 saturated carbocycles. The lowest BCUT2D eigenvalue weighted by molar-refractivity contribution is -0.786. The summed E-state index contributed by atoms with van der Waals surface area (Å²) in [4.78, 5) is 14.1. The Hall–Kier alpha value is -1.48. The van der Waals surface area contributed by atoms with Crippen molar-refractivity contribution in [2.45, 2.75) is 31.0 Å². The van der Waals surface area contributed by atoms with E-state index in [4.69, 9.17) is 15.6 Å². The zero-order valence-electron chi connectivity index (χ0n) is 9.78. The predicted octanol–water partition coefficient (Wildman–Crippen LogP) is -2.75. The SMILES string of the molecule is CC1(O)C([n+]2ccc(N)[nH]c2=O)OC(CO)[C@H]1O. The minimum Gasteiger partial charge on any atom is -0.394 e. The van der Waals surface area contributed by atoms with Crippen LogP contribution in [-0.4, -0.2) is 44.7 Å². The van der Waals surface area contributed by atoms with Gasteiger partial charge in [-0.15, -0.1) is 0 Å². The minimum absolute atomic E-state index is 0.174. The summed E-state index contributed by atoms with van der Waals surface area (Å²) in [7, 11) is 0. The van der Waals surface area contributed by atoms with Crippen LogP contribution in [0.25, 0.3) is 0 Å². The van der Waals surface area contributed by atoms with E-state index in [1.165, 1.54) is 19.2 Å². The molecule has 18 heavy (non-hydrogen) atoms. The highest BCUT2D eigenvalue weighted by atomic mass is 16.6. The molecule has 2 heterocycles.